The van der Waals surface area contributed by atoms with E-state index < -0.39 is 5.91 Å². The SMILES string of the molecule is CCC(=O)Nc1ccccc1-c1nnn(CC(N)=O)n1. The Morgan fingerprint density at radius 3 is 2.80 bits per heavy atom. The van der Waals surface area contributed by atoms with E-state index in [1.165, 1.54) is 0 Å². The highest BCUT2D eigenvalue weighted by Crippen LogP contribution is 2.24. The number of rotatable bonds is 5. The first-order chi connectivity index (χ1) is 9.60. The Hall–Kier alpha value is -2.77. The number of amides is 2. The zero-order chi connectivity index (χ0) is 14.5. The number of benzene rings is 1. The Morgan fingerprint density at radius 2 is 2.10 bits per heavy atom. The molecule has 0 radical (unpaired) electrons. The van der Waals surface area contributed by atoms with E-state index in [4.69, 9.17) is 5.73 Å². The first-order valence-electron chi connectivity index (χ1n) is 6.05. The van der Waals surface area contributed by atoms with Crippen LogP contribution in [0.15, 0.2) is 24.3 Å². The fraction of sp³-hybridized carbons (Fsp3) is 0.250. The van der Waals surface area contributed by atoms with E-state index in [0.29, 0.717) is 23.5 Å². The zero-order valence-electron chi connectivity index (χ0n) is 10.9. The summed E-state index contributed by atoms with van der Waals surface area (Å²) in [7, 11) is 0. The van der Waals surface area contributed by atoms with E-state index in [1.807, 2.05) is 0 Å². The summed E-state index contributed by atoms with van der Waals surface area (Å²) >= 11 is 0. The van der Waals surface area contributed by atoms with Gasteiger partial charge < -0.3 is 11.1 Å². The van der Waals surface area contributed by atoms with Gasteiger partial charge in [-0.1, -0.05) is 19.1 Å². The number of aromatic nitrogens is 4. The van der Waals surface area contributed by atoms with Gasteiger partial charge in [-0.05, 0) is 17.3 Å². The number of hydrogen-bond acceptors (Lipinski definition) is 5. The molecule has 2 rings (SSSR count). The molecule has 0 saturated carbocycles. The van der Waals surface area contributed by atoms with E-state index in [0.717, 1.165) is 4.80 Å². The molecule has 8 heteroatoms. The van der Waals surface area contributed by atoms with Crippen molar-refractivity contribution in [3.05, 3.63) is 24.3 Å². The van der Waals surface area contributed by atoms with Gasteiger partial charge in [-0.15, -0.1) is 10.2 Å². The van der Waals surface area contributed by atoms with Crippen molar-refractivity contribution in [2.75, 3.05) is 5.32 Å². The molecular weight excluding hydrogens is 260 g/mol. The topological polar surface area (TPSA) is 116 Å². The number of tetrazole rings is 1. The molecule has 1 heterocycles. The maximum Gasteiger partial charge on any atom is 0.241 e. The quantitative estimate of drug-likeness (QED) is 0.806. The van der Waals surface area contributed by atoms with Gasteiger partial charge in [0.2, 0.25) is 17.6 Å². The monoisotopic (exact) mass is 274 g/mol. The number of primary amides is 1. The zero-order valence-corrected chi connectivity index (χ0v) is 10.9. The highest BCUT2D eigenvalue weighted by atomic mass is 16.2. The van der Waals surface area contributed by atoms with Crippen molar-refractivity contribution in [1.29, 1.82) is 0 Å². The predicted octanol–water partition coefficient (Wildman–Crippen LogP) is 0.174. The lowest BCUT2D eigenvalue weighted by Crippen LogP contribution is -2.20. The van der Waals surface area contributed by atoms with E-state index in [2.05, 4.69) is 20.7 Å². The number of hydrogen-bond donors (Lipinski definition) is 2. The number of carbonyl (C=O) groups is 2. The summed E-state index contributed by atoms with van der Waals surface area (Å²) in [5.41, 5.74) is 6.29. The molecule has 0 atom stereocenters. The van der Waals surface area contributed by atoms with Crippen LogP contribution in [0, 0.1) is 0 Å². The summed E-state index contributed by atoms with van der Waals surface area (Å²) in [6.07, 6.45) is 0.371. The van der Waals surface area contributed by atoms with Crippen LogP contribution in [-0.2, 0) is 16.1 Å². The van der Waals surface area contributed by atoms with Crippen molar-refractivity contribution in [2.24, 2.45) is 5.73 Å². The third kappa shape index (κ3) is 3.16. The lowest BCUT2D eigenvalue weighted by Gasteiger charge is -2.07. The molecule has 1 aromatic heterocycles. The molecule has 2 aromatic rings. The summed E-state index contributed by atoms with van der Waals surface area (Å²) in [4.78, 5) is 23.4. The molecule has 0 aliphatic heterocycles. The lowest BCUT2D eigenvalue weighted by atomic mass is 10.1. The second-order valence-electron chi connectivity index (χ2n) is 4.06. The van der Waals surface area contributed by atoms with E-state index in [1.54, 1.807) is 31.2 Å². The highest BCUT2D eigenvalue weighted by Gasteiger charge is 2.12. The van der Waals surface area contributed by atoms with Crippen LogP contribution in [0.1, 0.15) is 13.3 Å². The standard InChI is InChI=1S/C12H14N6O2/c1-2-11(20)14-9-6-4-3-5-8(9)12-15-17-18(16-12)7-10(13)19/h3-6H,2,7H2,1H3,(H2,13,19)(H,14,20). The number of carbonyl (C=O) groups excluding carboxylic acids is 2. The summed E-state index contributed by atoms with van der Waals surface area (Å²) in [6.45, 7) is 1.62. The van der Waals surface area contributed by atoms with Crippen molar-refractivity contribution in [3.8, 4) is 11.4 Å². The van der Waals surface area contributed by atoms with Crippen LogP contribution in [0.2, 0.25) is 0 Å². The van der Waals surface area contributed by atoms with Gasteiger partial charge in [0.05, 0.1) is 5.69 Å². The molecule has 0 spiro atoms. The van der Waals surface area contributed by atoms with Gasteiger partial charge >= 0.3 is 0 Å². The molecule has 3 N–H and O–H groups in total. The number of nitrogens with zero attached hydrogens (tertiary/aromatic N) is 4. The summed E-state index contributed by atoms with van der Waals surface area (Å²) in [5, 5.41) is 14.4. The maximum atomic E-state index is 11.5. The molecular formula is C12H14N6O2. The minimum Gasteiger partial charge on any atom is -0.368 e. The van der Waals surface area contributed by atoms with Gasteiger partial charge in [0.25, 0.3) is 0 Å². The van der Waals surface area contributed by atoms with Crippen molar-refractivity contribution in [1.82, 2.24) is 20.2 Å². The summed E-state index contributed by atoms with van der Waals surface area (Å²) < 4.78 is 0. The molecule has 0 unspecified atom stereocenters. The predicted molar refractivity (Wildman–Crippen MR) is 71.4 cm³/mol. The minimum absolute atomic E-state index is 0.109. The van der Waals surface area contributed by atoms with Crippen LogP contribution in [-0.4, -0.2) is 32.0 Å². The van der Waals surface area contributed by atoms with Crippen LogP contribution in [0.3, 0.4) is 0 Å². The van der Waals surface area contributed by atoms with Crippen LogP contribution in [0.4, 0.5) is 5.69 Å². The van der Waals surface area contributed by atoms with Gasteiger partial charge in [0, 0.05) is 12.0 Å². The largest absolute Gasteiger partial charge is 0.368 e. The number of nitrogens with one attached hydrogen (secondary N) is 1. The minimum atomic E-state index is -0.554. The lowest BCUT2D eigenvalue weighted by molar-refractivity contribution is -0.119. The van der Waals surface area contributed by atoms with Gasteiger partial charge in [0.1, 0.15) is 6.54 Å². The first-order valence-corrected chi connectivity index (χ1v) is 6.05. The number of para-hydroxylation sites is 1. The van der Waals surface area contributed by atoms with Crippen LogP contribution in [0.5, 0.6) is 0 Å². The smallest absolute Gasteiger partial charge is 0.241 e. The Morgan fingerprint density at radius 1 is 1.35 bits per heavy atom. The molecule has 1 aromatic carbocycles. The van der Waals surface area contributed by atoms with Crippen molar-refractivity contribution < 1.29 is 9.59 Å². The fourth-order valence-corrected chi connectivity index (χ4v) is 1.58. The third-order valence-corrected chi connectivity index (χ3v) is 2.51. The van der Waals surface area contributed by atoms with Crippen LogP contribution in [0.25, 0.3) is 11.4 Å². The molecule has 0 aliphatic carbocycles. The fourth-order valence-electron chi connectivity index (χ4n) is 1.58. The third-order valence-electron chi connectivity index (χ3n) is 2.51. The van der Waals surface area contributed by atoms with Crippen molar-refractivity contribution >= 4 is 17.5 Å². The van der Waals surface area contributed by atoms with E-state index >= 15 is 0 Å². The summed E-state index contributed by atoms with van der Waals surface area (Å²) in [6, 6.07) is 7.10. The van der Waals surface area contributed by atoms with E-state index in [-0.39, 0.29) is 12.5 Å². The average molecular weight is 274 g/mol. The molecule has 20 heavy (non-hydrogen) atoms. The average Bonchev–Trinajstić information content (AvgIpc) is 2.86. The number of anilines is 1. The normalized spacial score (nSPS) is 10.2. The van der Waals surface area contributed by atoms with Gasteiger partial charge in [-0.2, -0.15) is 4.80 Å². The van der Waals surface area contributed by atoms with Gasteiger partial charge in [-0.3, -0.25) is 9.59 Å². The molecule has 104 valence electrons. The van der Waals surface area contributed by atoms with E-state index in [9.17, 15) is 9.59 Å². The van der Waals surface area contributed by atoms with Crippen LogP contribution < -0.4 is 11.1 Å². The Balaban J connectivity index is 2.30. The Labute approximate surface area is 115 Å². The number of nitrogens with two attached hydrogens (primary N) is 1. The summed E-state index contributed by atoms with van der Waals surface area (Å²) in [5.74, 6) is -0.346. The van der Waals surface area contributed by atoms with Crippen LogP contribution >= 0.6 is 0 Å². The maximum absolute atomic E-state index is 11.5. The Bertz CT molecular complexity index is 636. The molecule has 8 nitrogen and oxygen atoms in total. The van der Waals surface area contributed by atoms with Gasteiger partial charge in [-0.25, -0.2) is 0 Å². The molecule has 2 amide bonds. The second-order valence-corrected chi connectivity index (χ2v) is 4.06. The second kappa shape index (κ2) is 5.91. The van der Waals surface area contributed by atoms with Gasteiger partial charge in [0.15, 0.2) is 0 Å². The molecule has 0 saturated heterocycles. The molecule has 0 bridgehead atoms. The first kappa shape index (κ1) is 13.7. The molecule has 0 aliphatic rings. The Kier molecular flexibility index (Phi) is 4.04. The van der Waals surface area contributed by atoms with Crippen molar-refractivity contribution in [2.45, 2.75) is 19.9 Å². The van der Waals surface area contributed by atoms with Crippen molar-refractivity contribution in [3.63, 3.8) is 0 Å². The highest BCUT2D eigenvalue weighted by molar-refractivity contribution is 5.94. The molecule has 0 fully saturated rings.